The zero-order valence-corrected chi connectivity index (χ0v) is 18.4. The van der Waals surface area contributed by atoms with Crippen LogP contribution in [0, 0.1) is 0 Å². The summed E-state index contributed by atoms with van der Waals surface area (Å²) in [5.41, 5.74) is 2.73. The molecule has 0 aliphatic rings. The minimum atomic E-state index is -2.77. The van der Waals surface area contributed by atoms with Crippen molar-refractivity contribution in [3.05, 3.63) is 71.8 Å². The van der Waals surface area contributed by atoms with Gasteiger partial charge in [-0.2, -0.15) is 0 Å². The van der Waals surface area contributed by atoms with E-state index in [1.807, 2.05) is 0 Å². The molecule has 0 heterocycles. The third-order valence-electron chi connectivity index (χ3n) is 4.72. The maximum Gasteiger partial charge on any atom is 0.316 e. The summed E-state index contributed by atoms with van der Waals surface area (Å²) >= 11 is 4.09. The van der Waals surface area contributed by atoms with Crippen molar-refractivity contribution in [2.75, 3.05) is 6.61 Å². The highest BCUT2D eigenvalue weighted by Crippen LogP contribution is 2.34. The van der Waals surface area contributed by atoms with Crippen LogP contribution in [0.2, 0.25) is 0 Å². The Morgan fingerprint density at radius 2 is 1.30 bits per heavy atom. The van der Waals surface area contributed by atoms with Crippen molar-refractivity contribution < 1.29 is 14.0 Å². The van der Waals surface area contributed by atoms with E-state index in [-0.39, 0.29) is 4.32 Å². The largest absolute Gasteiger partial charge is 0.326 e. The molecule has 5 heteroatoms. The lowest BCUT2D eigenvalue weighted by molar-refractivity contribution is 0.273. The number of rotatable bonds is 13. The Balaban J connectivity index is 1.82. The van der Waals surface area contributed by atoms with Crippen LogP contribution in [0.5, 0.6) is 0 Å². The number of benzene rings is 2. The second kappa shape index (κ2) is 12.5. The molecule has 0 spiro atoms. The predicted octanol–water partition coefficient (Wildman–Crippen LogP) is 6.34. The van der Waals surface area contributed by atoms with Crippen molar-refractivity contribution in [2.24, 2.45) is 0 Å². The van der Waals surface area contributed by atoms with E-state index >= 15 is 0 Å². The summed E-state index contributed by atoms with van der Waals surface area (Å²) in [7, 11) is -2.77. The Labute approximate surface area is 172 Å². The van der Waals surface area contributed by atoms with E-state index in [1.165, 1.54) is 24.0 Å². The summed E-state index contributed by atoms with van der Waals surface area (Å²) in [6.45, 7) is 0.388. The number of hydrogen-bond acceptors (Lipinski definition) is 2. The monoisotopic (exact) mass is 452 g/mol. The molecule has 1 N–H and O–H groups in total. The van der Waals surface area contributed by atoms with Gasteiger partial charge in [-0.3, -0.25) is 4.57 Å². The lowest BCUT2D eigenvalue weighted by Gasteiger charge is -2.28. The quantitative estimate of drug-likeness (QED) is 0.219. The van der Waals surface area contributed by atoms with E-state index in [0.717, 1.165) is 38.5 Å². The molecule has 1 unspecified atom stereocenters. The Hall–Kier alpha value is -0.930. The smallest absolute Gasteiger partial charge is 0.316 e. The summed E-state index contributed by atoms with van der Waals surface area (Å²) in [6.07, 6.45) is 8.52. The van der Waals surface area contributed by atoms with Crippen molar-refractivity contribution in [2.45, 2.75) is 55.7 Å². The minimum Gasteiger partial charge on any atom is -0.326 e. The van der Waals surface area contributed by atoms with Crippen molar-refractivity contribution >= 4 is 24.2 Å². The Morgan fingerprint density at radius 1 is 0.815 bits per heavy atom. The van der Waals surface area contributed by atoms with Gasteiger partial charge in [0.25, 0.3) is 0 Å². The van der Waals surface area contributed by atoms with Gasteiger partial charge in [0.1, 0.15) is 0 Å². The van der Waals surface area contributed by atoms with E-state index < -0.39 is 8.25 Å². The van der Waals surface area contributed by atoms with Gasteiger partial charge < -0.3 is 9.42 Å². The van der Waals surface area contributed by atoms with E-state index in [4.69, 9.17) is 9.42 Å². The van der Waals surface area contributed by atoms with Crippen LogP contribution < -0.4 is 0 Å². The molecular formula is C22H30BrO3P. The average Bonchev–Trinajstić information content (AvgIpc) is 2.65. The van der Waals surface area contributed by atoms with Crippen LogP contribution in [-0.2, 0) is 21.9 Å². The first-order valence-electron chi connectivity index (χ1n) is 9.70. The molecular weight excluding hydrogens is 423 g/mol. The number of hydrogen-bond donors (Lipinski definition) is 1. The van der Waals surface area contributed by atoms with Gasteiger partial charge in [-0.05, 0) is 36.8 Å². The van der Waals surface area contributed by atoms with Crippen LogP contribution in [0.15, 0.2) is 60.7 Å². The maximum absolute atomic E-state index is 10.5. The molecule has 0 aromatic heterocycles. The maximum atomic E-state index is 10.5. The molecule has 2 aromatic carbocycles. The molecule has 148 valence electrons. The molecule has 2 rings (SSSR count). The first-order valence-corrected chi connectivity index (χ1v) is 11.8. The molecule has 27 heavy (non-hydrogen) atoms. The van der Waals surface area contributed by atoms with Gasteiger partial charge in [0, 0.05) is 4.32 Å². The van der Waals surface area contributed by atoms with Crippen molar-refractivity contribution in [1.82, 2.24) is 0 Å². The highest BCUT2D eigenvalue weighted by Gasteiger charge is 2.27. The normalized spacial score (nSPS) is 12.8. The summed E-state index contributed by atoms with van der Waals surface area (Å²) in [4.78, 5) is 8.64. The fraction of sp³-hybridized carbons (Fsp3) is 0.455. The SMILES string of the molecule is O=[PH](O)OCCCCCCCC(Br)(Cc1ccccc1)Cc1ccccc1. The van der Waals surface area contributed by atoms with Gasteiger partial charge in [0.2, 0.25) is 0 Å². The molecule has 0 aliphatic carbocycles. The molecule has 0 radical (unpaired) electrons. The second-order valence-electron chi connectivity index (χ2n) is 7.11. The van der Waals surface area contributed by atoms with Crippen LogP contribution >= 0.6 is 24.2 Å². The van der Waals surface area contributed by atoms with Crippen LogP contribution in [0.25, 0.3) is 0 Å². The van der Waals surface area contributed by atoms with Crippen molar-refractivity contribution in [1.29, 1.82) is 0 Å². The zero-order valence-electron chi connectivity index (χ0n) is 15.8. The van der Waals surface area contributed by atoms with Crippen LogP contribution in [0.4, 0.5) is 0 Å². The Morgan fingerprint density at radius 3 is 1.81 bits per heavy atom. The number of alkyl halides is 1. The third kappa shape index (κ3) is 9.71. The predicted molar refractivity (Wildman–Crippen MR) is 117 cm³/mol. The van der Waals surface area contributed by atoms with Gasteiger partial charge in [0.15, 0.2) is 0 Å². The summed E-state index contributed by atoms with van der Waals surface area (Å²) in [5.74, 6) is 0. The van der Waals surface area contributed by atoms with Crippen molar-refractivity contribution in [3.63, 3.8) is 0 Å². The highest BCUT2D eigenvalue weighted by atomic mass is 79.9. The number of unbranched alkanes of at least 4 members (excludes halogenated alkanes) is 4. The fourth-order valence-electron chi connectivity index (χ4n) is 3.40. The Kier molecular flexibility index (Phi) is 10.4. The van der Waals surface area contributed by atoms with E-state index in [2.05, 4.69) is 76.6 Å². The van der Waals surface area contributed by atoms with E-state index in [0.29, 0.717) is 6.61 Å². The topological polar surface area (TPSA) is 46.5 Å². The van der Waals surface area contributed by atoms with Gasteiger partial charge in [-0.15, -0.1) is 0 Å². The fourth-order valence-corrected chi connectivity index (χ4v) is 4.64. The zero-order chi connectivity index (χ0) is 19.4. The van der Waals surface area contributed by atoms with Gasteiger partial charge in [0.05, 0.1) is 6.61 Å². The molecule has 1 atom stereocenters. The average molecular weight is 453 g/mol. The van der Waals surface area contributed by atoms with Gasteiger partial charge in [-0.25, -0.2) is 0 Å². The summed E-state index contributed by atoms with van der Waals surface area (Å²) in [6, 6.07) is 21.4. The molecule has 0 amide bonds. The standard InChI is InChI=1S/C22H30BrO3P/c23-22(18-20-12-6-4-7-13-20,19-21-14-8-5-9-15-21)16-10-2-1-3-11-17-26-27(24)25/h4-9,12-15,27H,1-3,10-11,16-19H2,(H,24,25). The third-order valence-corrected chi connectivity index (χ3v) is 6.13. The van der Waals surface area contributed by atoms with Crippen molar-refractivity contribution in [3.8, 4) is 0 Å². The van der Waals surface area contributed by atoms with Gasteiger partial charge >= 0.3 is 8.25 Å². The van der Waals surface area contributed by atoms with Crippen LogP contribution in [0.1, 0.15) is 49.7 Å². The summed E-state index contributed by atoms with van der Waals surface area (Å²) < 4.78 is 15.3. The lowest BCUT2D eigenvalue weighted by atomic mass is 9.88. The van der Waals surface area contributed by atoms with E-state index in [1.54, 1.807) is 0 Å². The second-order valence-corrected chi connectivity index (χ2v) is 9.61. The van der Waals surface area contributed by atoms with E-state index in [9.17, 15) is 4.57 Å². The Bertz CT molecular complexity index is 622. The first-order chi connectivity index (χ1) is 13.1. The molecule has 0 saturated carbocycles. The molecule has 3 nitrogen and oxygen atoms in total. The molecule has 0 bridgehead atoms. The summed E-state index contributed by atoms with van der Waals surface area (Å²) in [5, 5.41) is 0. The van der Waals surface area contributed by atoms with Crippen LogP contribution in [0.3, 0.4) is 0 Å². The minimum absolute atomic E-state index is 0.0651. The molecule has 0 aliphatic heterocycles. The molecule has 0 fully saturated rings. The highest BCUT2D eigenvalue weighted by molar-refractivity contribution is 9.10. The lowest BCUT2D eigenvalue weighted by Crippen LogP contribution is -2.27. The number of halogens is 1. The molecule has 0 saturated heterocycles. The molecule has 2 aromatic rings. The first kappa shape index (κ1) is 22.4. The van der Waals surface area contributed by atoms with Crippen LogP contribution in [-0.4, -0.2) is 15.8 Å². The van der Waals surface area contributed by atoms with Gasteiger partial charge in [-0.1, -0.05) is 102 Å².